The highest BCUT2D eigenvalue weighted by Gasteiger charge is 2.09. The molecule has 6 heteroatoms. The number of carbonyl (C=O) groups excluding carboxylic acids is 1. The van der Waals surface area contributed by atoms with E-state index in [0.717, 1.165) is 0 Å². The number of carboxylic acid groups (broad SMARTS) is 1. The second-order valence-electron chi connectivity index (χ2n) is 2.67. The summed E-state index contributed by atoms with van der Waals surface area (Å²) in [5, 5.41) is 19.3. The van der Waals surface area contributed by atoms with Crippen molar-refractivity contribution in [1.82, 2.24) is 0 Å². The van der Waals surface area contributed by atoms with Crippen LogP contribution in [0.4, 0.5) is 0 Å². The molecule has 1 amide bonds. The number of allylic oxidation sites excluding steroid dienone is 2. The number of rotatable bonds is 3. The maximum Gasteiger partial charge on any atom is 0.371 e. The fourth-order valence-corrected chi connectivity index (χ4v) is 0.836. The summed E-state index contributed by atoms with van der Waals surface area (Å²) in [6.07, 6.45) is 1.21. The van der Waals surface area contributed by atoms with Gasteiger partial charge in [-0.1, -0.05) is 0 Å². The third-order valence-corrected chi connectivity index (χ3v) is 1.58. The van der Waals surface area contributed by atoms with E-state index in [0.29, 0.717) is 0 Å². The summed E-state index contributed by atoms with van der Waals surface area (Å²) in [6.45, 7) is 2.79. The van der Waals surface area contributed by atoms with Crippen molar-refractivity contribution in [2.75, 3.05) is 0 Å². The Morgan fingerprint density at radius 1 is 1.33 bits per heavy atom. The number of nitrogens with zero attached hydrogens (tertiary/aromatic N) is 1. The van der Waals surface area contributed by atoms with E-state index in [2.05, 4.69) is 17.2 Å². The van der Waals surface area contributed by atoms with Gasteiger partial charge < -0.3 is 10.2 Å². The zero-order chi connectivity index (χ0) is 12.0. The molecule has 5 nitrogen and oxygen atoms in total. The second-order valence-corrected chi connectivity index (χ2v) is 2.85. The van der Waals surface area contributed by atoms with Crippen LogP contribution >= 0.6 is 12.2 Å². The van der Waals surface area contributed by atoms with Gasteiger partial charge in [-0.05, 0) is 37.7 Å². The fourth-order valence-electron chi connectivity index (χ4n) is 0.753. The monoisotopic (exact) mass is 227 g/mol. The molecule has 0 saturated heterocycles. The average Bonchev–Trinajstić information content (AvgIpc) is 2.16. The van der Waals surface area contributed by atoms with Crippen molar-refractivity contribution in [1.29, 1.82) is 0 Å². The largest absolute Gasteiger partial charge is 0.502 e. The number of isothiocyanates is 1. The van der Waals surface area contributed by atoms with Crippen molar-refractivity contribution in [3.8, 4) is 0 Å². The molecule has 0 radical (unpaired) electrons. The summed E-state index contributed by atoms with van der Waals surface area (Å²) in [4.78, 5) is 24.6. The van der Waals surface area contributed by atoms with Crippen molar-refractivity contribution in [2.24, 2.45) is 4.99 Å². The maximum absolute atomic E-state index is 11.1. The molecule has 0 bridgehead atoms. The average molecular weight is 227 g/mol. The first-order chi connectivity index (χ1) is 6.90. The molecule has 80 valence electrons. The molecular weight excluding hydrogens is 218 g/mol. The van der Waals surface area contributed by atoms with Gasteiger partial charge in [-0.3, -0.25) is 4.79 Å². The SMILES string of the molecule is CC(=CC(C)=C(O)C(=O)O)C(=O)N=C=S. The lowest BCUT2D eigenvalue weighted by Crippen LogP contribution is -2.02. The molecule has 0 spiro atoms. The predicted molar refractivity (Wildman–Crippen MR) is 56.8 cm³/mol. The molecule has 0 aliphatic rings. The van der Waals surface area contributed by atoms with E-state index in [-0.39, 0.29) is 11.1 Å². The molecule has 0 rings (SSSR count). The van der Waals surface area contributed by atoms with Crippen LogP contribution in [0.3, 0.4) is 0 Å². The first-order valence-electron chi connectivity index (χ1n) is 3.83. The Morgan fingerprint density at radius 2 is 1.87 bits per heavy atom. The van der Waals surface area contributed by atoms with Gasteiger partial charge >= 0.3 is 5.97 Å². The van der Waals surface area contributed by atoms with Crippen molar-refractivity contribution in [3.05, 3.63) is 23.0 Å². The molecule has 0 aliphatic heterocycles. The Morgan fingerprint density at radius 3 is 2.27 bits per heavy atom. The smallest absolute Gasteiger partial charge is 0.371 e. The normalized spacial score (nSPS) is 12.5. The molecule has 2 N–H and O–H groups in total. The molecule has 0 aromatic carbocycles. The third-order valence-electron chi connectivity index (χ3n) is 1.49. The first kappa shape index (κ1) is 13.2. The highest BCUT2D eigenvalue weighted by Crippen LogP contribution is 2.07. The number of hydrogen-bond acceptors (Lipinski definition) is 4. The summed E-state index contributed by atoms with van der Waals surface area (Å²) in [5.74, 6) is -2.89. The third kappa shape index (κ3) is 4.30. The van der Waals surface area contributed by atoms with E-state index >= 15 is 0 Å². The van der Waals surface area contributed by atoms with E-state index < -0.39 is 17.6 Å². The van der Waals surface area contributed by atoms with Crippen LogP contribution in [0.5, 0.6) is 0 Å². The van der Waals surface area contributed by atoms with Crippen molar-refractivity contribution < 1.29 is 19.8 Å². The lowest BCUT2D eigenvalue weighted by atomic mass is 10.1. The zero-order valence-electron chi connectivity index (χ0n) is 8.14. The molecule has 0 atom stereocenters. The minimum absolute atomic E-state index is 0.0629. The highest BCUT2D eigenvalue weighted by molar-refractivity contribution is 7.78. The molecular formula is C9H9NO4S. The van der Waals surface area contributed by atoms with E-state index in [4.69, 9.17) is 10.2 Å². The molecule has 0 aromatic rings. The van der Waals surface area contributed by atoms with Crippen LogP contribution in [0.15, 0.2) is 28.0 Å². The van der Waals surface area contributed by atoms with E-state index in [1.54, 1.807) is 0 Å². The molecule has 0 fully saturated rings. The number of thiocarbonyl (C=S) groups is 1. The van der Waals surface area contributed by atoms with Gasteiger partial charge in [-0.15, -0.1) is 0 Å². The lowest BCUT2D eigenvalue weighted by molar-refractivity contribution is -0.135. The van der Waals surface area contributed by atoms with Crippen LogP contribution in [-0.2, 0) is 9.59 Å². The maximum atomic E-state index is 11.1. The van der Waals surface area contributed by atoms with Gasteiger partial charge in [0.1, 0.15) is 0 Å². The zero-order valence-corrected chi connectivity index (χ0v) is 8.96. The molecule has 0 heterocycles. The number of aliphatic carboxylic acids is 1. The number of aliphatic imine (C=N–C) groups is 1. The van der Waals surface area contributed by atoms with Gasteiger partial charge in [0.2, 0.25) is 5.76 Å². The Bertz CT molecular complexity index is 402. The van der Waals surface area contributed by atoms with Crippen LogP contribution in [0.1, 0.15) is 13.8 Å². The minimum Gasteiger partial charge on any atom is -0.502 e. The molecule has 0 unspecified atom stereocenters. The van der Waals surface area contributed by atoms with Gasteiger partial charge in [0.05, 0.1) is 5.16 Å². The lowest BCUT2D eigenvalue weighted by Gasteiger charge is -1.97. The molecule has 0 saturated carbocycles. The number of aliphatic hydroxyl groups excluding tert-OH is 1. The Kier molecular flexibility index (Phi) is 5.15. The minimum atomic E-state index is -1.46. The Labute approximate surface area is 91.4 Å². The summed E-state index contributed by atoms with van der Waals surface area (Å²) < 4.78 is 0. The van der Waals surface area contributed by atoms with Gasteiger partial charge in [-0.2, -0.15) is 4.99 Å². The van der Waals surface area contributed by atoms with E-state index in [9.17, 15) is 9.59 Å². The van der Waals surface area contributed by atoms with Crippen LogP contribution < -0.4 is 0 Å². The summed E-state index contributed by atoms with van der Waals surface area (Å²) in [6, 6.07) is 0. The molecule has 15 heavy (non-hydrogen) atoms. The van der Waals surface area contributed by atoms with Crippen molar-refractivity contribution in [3.63, 3.8) is 0 Å². The quantitative estimate of drug-likeness (QED) is 0.251. The van der Waals surface area contributed by atoms with E-state index in [1.165, 1.54) is 19.9 Å². The molecule has 0 aliphatic carbocycles. The predicted octanol–water partition coefficient (Wildman–Crippen LogP) is 1.48. The van der Waals surface area contributed by atoms with Gasteiger partial charge in [0, 0.05) is 5.57 Å². The molecule has 0 aromatic heterocycles. The van der Waals surface area contributed by atoms with Crippen LogP contribution in [0.2, 0.25) is 0 Å². The van der Waals surface area contributed by atoms with Crippen molar-refractivity contribution in [2.45, 2.75) is 13.8 Å². The number of carboxylic acids is 1. The summed E-state index contributed by atoms with van der Waals surface area (Å²) >= 11 is 4.23. The van der Waals surface area contributed by atoms with Gasteiger partial charge in [0.25, 0.3) is 5.91 Å². The Hall–Kier alpha value is -1.78. The first-order valence-corrected chi connectivity index (χ1v) is 4.24. The van der Waals surface area contributed by atoms with Crippen LogP contribution in [-0.4, -0.2) is 27.3 Å². The number of hydrogen-bond donors (Lipinski definition) is 2. The number of carbonyl (C=O) groups is 2. The van der Waals surface area contributed by atoms with Crippen LogP contribution in [0, 0.1) is 0 Å². The van der Waals surface area contributed by atoms with Gasteiger partial charge in [0.15, 0.2) is 0 Å². The van der Waals surface area contributed by atoms with Gasteiger partial charge in [-0.25, -0.2) is 4.79 Å². The standard InChI is InChI=1S/C9H9NO4S/c1-5(7(11)9(13)14)3-6(2)8(12)10-4-15/h3,11H,1-2H3,(H,13,14). The second kappa shape index (κ2) is 5.85. The fraction of sp³-hybridized carbons (Fsp3) is 0.222. The Balaban J connectivity index is 5.07. The number of aliphatic hydroxyl groups is 1. The summed E-state index contributed by atoms with van der Waals surface area (Å²) in [7, 11) is 0. The number of amides is 1. The van der Waals surface area contributed by atoms with Crippen LogP contribution in [0.25, 0.3) is 0 Å². The highest BCUT2D eigenvalue weighted by atomic mass is 32.1. The topological polar surface area (TPSA) is 87.0 Å². The van der Waals surface area contributed by atoms with E-state index in [1.807, 2.05) is 5.16 Å². The summed E-state index contributed by atoms with van der Waals surface area (Å²) in [5.41, 5.74) is 0.227. The van der Waals surface area contributed by atoms with Crippen molar-refractivity contribution >= 4 is 29.3 Å².